The molecule has 1 aromatic heterocycles. The molecule has 130 valence electrons. The van der Waals surface area contributed by atoms with Gasteiger partial charge in [0.25, 0.3) is 0 Å². The van der Waals surface area contributed by atoms with E-state index in [1.54, 1.807) is 7.11 Å². The number of methoxy groups -OCH3 is 1. The molecular formula is C22H26N2O. The Morgan fingerprint density at radius 2 is 1.52 bits per heavy atom. The van der Waals surface area contributed by atoms with Gasteiger partial charge in [-0.1, -0.05) is 58.0 Å². The molecule has 0 atom stereocenters. The molecule has 0 radical (unpaired) electrons. The number of hydrogen-bond acceptors (Lipinski definition) is 2. The second kappa shape index (κ2) is 7.14. The van der Waals surface area contributed by atoms with Gasteiger partial charge in [-0.2, -0.15) is 0 Å². The van der Waals surface area contributed by atoms with Crippen molar-refractivity contribution in [3.8, 4) is 22.8 Å². The monoisotopic (exact) mass is 334 g/mol. The van der Waals surface area contributed by atoms with Crippen LogP contribution in [0.2, 0.25) is 0 Å². The van der Waals surface area contributed by atoms with Crippen molar-refractivity contribution in [2.45, 2.75) is 39.5 Å². The van der Waals surface area contributed by atoms with E-state index in [0.29, 0.717) is 11.8 Å². The summed E-state index contributed by atoms with van der Waals surface area (Å²) in [4.78, 5) is 4.64. The molecule has 0 saturated carbocycles. The molecule has 0 N–H and O–H groups in total. The van der Waals surface area contributed by atoms with Crippen molar-refractivity contribution in [2.75, 3.05) is 7.11 Å². The molecule has 3 nitrogen and oxygen atoms in total. The summed E-state index contributed by atoms with van der Waals surface area (Å²) in [6.07, 6.45) is 3.93. The summed E-state index contributed by atoms with van der Waals surface area (Å²) in [5.74, 6) is 2.65. The van der Waals surface area contributed by atoms with Gasteiger partial charge in [-0.25, -0.2) is 4.98 Å². The predicted molar refractivity (Wildman–Crippen MR) is 104 cm³/mol. The molecule has 0 aliphatic carbocycles. The Bertz CT molecular complexity index is 818. The Hall–Kier alpha value is -2.55. The lowest BCUT2D eigenvalue weighted by molar-refractivity contribution is 0.413. The van der Waals surface area contributed by atoms with E-state index in [4.69, 9.17) is 4.74 Å². The molecule has 25 heavy (non-hydrogen) atoms. The summed E-state index contributed by atoms with van der Waals surface area (Å²) >= 11 is 0. The summed E-state index contributed by atoms with van der Waals surface area (Å²) in [5, 5.41) is 0. The molecule has 0 aliphatic heterocycles. The number of rotatable bonds is 5. The van der Waals surface area contributed by atoms with Gasteiger partial charge in [-0.3, -0.25) is 4.57 Å². The molecule has 0 aliphatic rings. The van der Waals surface area contributed by atoms with Crippen LogP contribution in [0.15, 0.2) is 54.9 Å². The number of aromatic nitrogens is 2. The van der Waals surface area contributed by atoms with Crippen LogP contribution >= 0.6 is 0 Å². The maximum Gasteiger partial charge on any atom is 0.144 e. The fraction of sp³-hybridized carbons (Fsp3) is 0.318. The first-order valence-corrected chi connectivity index (χ1v) is 8.84. The first-order chi connectivity index (χ1) is 12.0. The quantitative estimate of drug-likeness (QED) is 0.590. The Kier molecular flexibility index (Phi) is 4.93. The number of ether oxygens (including phenoxy) is 1. The Labute approximate surface area is 150 Å². The summed E-state index contributed by atoms with van der Waals surface area (Å²) in [6.45, 7) is 8.89. The molecule has 3 heteroatoms. The van der Waals surface area contributed by atoms with Crippen molar-refractivity contribution in [2.24, 2.45) is 0 Å². The average Bonchev–Trinajstić information content (AvgIpc) is 3.10. The third-order valence-corrected chi connectivity index (χ3v) is 4.54. The lowest BCUT2D eigenvalue weighted by atomic mass is 9.91. The van der Waals surface area contributed by atoms with Gasteiger partial charge in [0.05, 0.1) is 12.8 Å². The highest BCUT2D eigenvalue weighted by molar-refractivity contribution is 5.63. The number of hydrogen-bond donors (Lipinski definition) is 0. The first kappa shape index (κ1) is 17.3. The smallest absolute Gasteiger partial charge is 0.144 e. The SMILES string of the molecule is COc1cc(C(C)C)c(-n2ccnc2-c2ccccc2)c(C(C)C)c1. The van der Waals surface area contributed by atoms with E-state index in [1.807, 2.05) is 12.3 Å². The summed E-state index contributed by atoms with van der Waals surface area (Å²) < 4.78 is 7.78. The molecule has 0 spiro atoms. The molecule has 3 aromatic rings. The Morgan fingerprint density at radius 3 is 2.04 bits per heavy atom. The molecule has 0 saturated heterocycles. The average molecular weight is 334 g/mol. The third-order valence-electron chi connectivity index (χ3n) is 4.54. The third kappa shape index (κ3) is 3.32. The molecule has 1 heterocycles. The van der Waals surface area contributed by atoms with E-state index in [0.717, 1.165) is 17.1 Å². The van der Waals surface area contributed by atoms with Crippen LogP contribution in [0, 0.1) is 0 Å². The van der Waals surface area contributed by atoms with Crippen LogP contribution in [0.1, 0.15) is 50.7 Å². The van der Waals surface area contributed by atoms with Crippen molar-refractivity contribution >= 4 is 0 Å². The zero-order chi connectivity index (χ0) is 18.0. The van der Waals surface area contributed by atoms with E-state index >= 15 is 0 Å². The fourth-order valence-electron chi connectivity index (χ4n) is 3.21. The summed E-state index contributed by atoms with van der Waals surface area (Å²) in [5.41, 5.74) is 4.89. The Balaban J connectivity index is 2.29. The number of benzene rings is 2. The van der Waals surface area contributed by atoms with Crippen LogP contribution in [0.5, 0.6) is 5.75 Å². The topological polar surface area (TPSA) is 27.1 Å². The normalized spacial score (nSPS) is 11.3. The lowest BCUT2D eigenvalue weighted by Crippen LogP contribution is -2.08. The van der Waals surface area contributed by atoms with Crippen molar-refractivity contribution in [3.05, 3.63) is 66.0 Å². The summed E-state index contributed by atoms with van der Waals surface area (Å²) in [7, 11) is 1.73. The van der Waals surface area contributed by atoms with Gasteiger partial charge in [-0.15, -0.1) is 0 Å². The fourth-order valence-corrected chi connectivity index (χ4v) is 3.21. The molecular weight excluding hydrogens is 308 g/mol. The van der Waals surface area contributed by atoms with Gasteiger partial charge < -0.3 is 4.74 Å². The van der Waals surface area contributed by atoms with Gasteiger partial charge in [0.15, 0.2) is 0 Å². The molecule has 0 bridgehead atoms. The van der Waals surface area contributed by atoms with E-state index < -0.39 is 0 Å². The van der Waals surface area contributed by atoms with Crippen LogP contribution in [-0.4, -0.2) is 16.7 Å². The van der Waals surface area contributed by atoms with E-state index in [2.05, 4.69) is 79.8 Å². The maximum absolute atomic E-state index is 5.56. The van der Waals surface area contributed by atoms with Crippen LogP contribution < -0.4 is 4.74 Å². The van der Waals surface area contributed by atoms with Gasteiger partial charge >= 0.3 is 0 Å². The van der Waals surface area contributed by atoms with E-state index in [-0.39, 0.29) is 0 Å². The highest BCUT2D eigenvalue weighted by atomic mass is 16.5. The number of nitrogens with zero attached hydrogens (tertiary/aromatic N) is 2. The minimum Gasteiger partial charge on any atom is -0.497 e. The second-order valence-corrected chi connectivity index (χ2v) is 6.95. The second-order valence-electron chi connectivity index (χ2n) is 6.95. The van der Waals surface area contributed by atoms with Crippen molar-refractivity contribution in [1.82, 2.24) is 9.55 Å². The van der Waals surface area contributed by atoms with Crippen molar-refractivity contribution in [3.63, 3.8) is 0 Å². The van der Waals surface area contributed by atoms with Crippen LogP contribution in [0.25, 0.3) is 17.1 Å². The zero-order valence-electron chi connectivity index (χ0n) is 15.7. The highest BCUT2D eigenvalue weighted by Crippen LogP contribution is 2.36. The van der Waals surface area contributed by atoms with Gasteiger partial charge in [0, 0.05) is 18.0 Å². The predicted octanol–water partition coefficient (Wildman–Crippen LogP) is 5.79. The Morgan fingerprint density at radius 1 is 0.920 bits per heavy atom. The van der Waals surface area contributed by atoms with E-state index in [1.165, 1.54) is 16.8 Å². The molecule has 2 aromatic carbocycles. The summed E-state index contributed by atoms with van der Waals surface area (Å²) in [6, 6.07) is 14.6. The van der Waals surface area contributed by atoms with E-state index in [9.17, 15) is 0 Å². The van der Waals surface area contributed by atoms with Crippen LogP contribution in [0.3, 0.4) is 0 Å². The number of imidazole rings is 1. The zero-order valence-corrected chi connectivity index (χ0v) is 15.7. The van der Waals surface area contributed by atoms with Gasteiger partial charge in [-0.05, 0) is 35.1 Å². The van der Waals surface area contributed by atoms with Gasteiger partial charge in [0.1, 0.15) is 11.6 Å². The van der Waals surface area contributed by atoms with Crippen LogP contribution in [-0.2, 0) is 0 Å². The molecule has 0 fully saturated rings. The molecule has 3 rings (SSSR count). The van der Waals surface area contributed by atoms with Crippen molar-refractivity contribution < 1.29 is 4.74 Å². The molecule has 0 unspecified atom stereocenters. The minimum absolute atomic E-state index is 0.383. The highest BCUT2D eigenvalue weighted by Gasteiger charge is 2.20. The minimum atomic E-state index is 0.383. The standard InChI is InChI=1S/C22H26N2O/c1-15(2)19-13-18(25-5)14-20(16(3)4)21(19)24-12-11-23-22(24)17-9-7-6-8-10-17/h6-16H,1-5H3. The van der Waals surface area contributed by atoms with Crippen molar-refractivity contribution in [1.29, 1.82) is 0 Å². The van der Waals surface area contributed by atoms with Gasteiger partial charge in [0.2, 0.25) is 0 Å². The van der Waals surface area contributed by atoms with Crippen LogP contribution in [0.4, 0.5) is 0 Å². The largest absolute Gasteiger partial charge is 0.497 e. The molecule has 0 amide bonds. The first-order valence-electron chi connectivity index (χ1n) is 8.84. The maximum atomic E-state index is 5.56. The lowest BCUT2D eigenvalue weighted by Gasteiger charge is -2.23.